The van der Waals surface area contributed by atoms with Crippen LogP contribution >= 0.6 is 0 Å². The van der Waals surface area contributed by atoms with E-state index in [9.17, 15) is 10.0 Å². The molecule has 0 aromatic carbocycles. The molecular formula is C10H16N4O2. The Morgan fingerprint density at radius 3 is 3.12 bits per heavy atom. The van der Waals surface area contributed by atoms with E-state index in [1.54, 1.807) is 6.33 Å². The summed E-state index contributed by atoms with van der Waals surface area (Å²) in [5.41, 5.74) is 0.0454. The van der Waals surface area contributed by atoms with Crippen molar-refractivity contribution < 1.29 is 5.11 Å². The third-order valence-corrected chi connectivity index (χ3v) is 2.89. The van der Waals surface area contributed by atoms with E-state index >= 15 is 0 Å². The van der Waals surface area contributed by atoms with E-state index in [0.29, 0.717) is 26.1 Å². The fraction of sp³-hybridized carbons (Fsp3) is 0.700. The van der Waals surface area contributed by atoms with Crippen molar-refractivity contribution in [1.29, 1.82) is 0 Å². The van der Waals surface area contributed by atoms with Crippen molar-refractivity contribution in [2.45, 2.75) is 31.9 Å². The first kappa shape index (κ1) is 11.1. The van der Waals surface area contributed by atoms with E-state index < -0.39 is 5.60 Å². The molecule has 6 heteroatoms. The Hall–Kier alpha value is -1.43. The van der Waals surface area contributed by atoms with E-state index in [4.69, 9.17) is 0 Å². The van der Waals surface area contributed by atoms with Crippen LogP contribution < -0.4 is 0 Å². The summed E-state index contributed by atoms with van der Waals surface area (Å²) in [5, 5.41) is 14.6. The number of rotatable bonds is 3. The molecule has 0 radical (unpaired) electrons. The molecule has 1 atom stereocenters. The van der Waals surface area contributed by atoms with E-state index in [0.717, 1.165) is 12.1 Å². The van der Waals surface area contributed by atoms with Crippen molar-refractivity contribution in [2.75, 3.05) is 13.1 Å². The standard InChI is InChI=1S/C10H16N4O2/c1-9-5-13(8-11-9)6-10(15)3-2-4-14(7-10)12-16/h5,8,15H,2-4,6-7H2,1H3. The predicted molar refractivity (Wildman–Crippen MR) is 58.5 cm³/mol. The third kappa shape index (κ3) is 2.38. The highest BCUT2D eigenvalue weighted by Gasteiger charge is 2.33. The quantitative estimate of drug-likeness (QED) is 0.767. The molecule has 1 aliphatic rings. The van der Waals surface area contributed by atoms with Crippen LogP contribution in [-0.2, 0) is 6.54 Å². The smallest absolute Gasteiger partial charge is 0.102 e. The van der Waals surface area contributed by atoms with Gasteiger partial charge in [0.1, 0.15) is 5.60 Å². The van der Waals surface area contributed by atoms with Crippen LogP contribution in [0, 0.1) is 11.8 Å². The molecule has 1 unspecified atom stereocenters. The molecule has 0 spiro atoms. The number of imidazole rings is 1. The van der Waals surface area contributed by atoms with Gasteiger partial charge in [0.2, 0.25) is 0 Å². The molecule has 2 heterocycles. The monoisotopic (exact) mass is 224 g/mol. The summed E-state index contributed by atoms with van der Waals surface area (Å²) in [6.45, 7) is 3.29. The predicted octanol–water partition coefficient (Wildman–Crippen LogP) is 0.700. The summed E-state index contributed by atoms with van der Waals surface area (Å²) >= 11 is 0. The number of aryl methyl sites for hydroxylation is 1. The minimum atomic E-state index is -0.876. The van der Waals surface area contributed by atoms with Gasteiger partial charge in [-0.2, -0.15) is 0 Å². The van der Waals surface area contributed by atoms with Gasteiger partial charge in [0.05, 0.1) is 30.4 Å². The Balaban J connectivity index is 2.04. The first-order valence-electron chi connectivity index (χ1n) is 5.40. The number of piperidine rings is 1. The van der Waals surface area contributed by atoms with Crippen molar-refractivity contribution in [2.24, 2.45) is 5.29 Å². The maximum Gasteiger partial charge on any atom is 0.102 e. The van der Waals surface area contributed by atoms with Gasteiger partial charge in [0, 0.05) is 12.7 Å². The van der Waals surface area contributed by atoms with Gasteiger partial charge in [-0.05, 0) is 19.8 Å². The lowest BCUT2D eigenvalue weighted by Crippen LogP contribution is -2.48. The minimum Gasteiger partial charge on any atom is -0.386 e. The Bertz CT molecular complexity index is 379. The second kappa shape index (κ2) is 4.21. The van der Waals surface area contributed by atoms with Crippen molar-refractivity contribution >= 4 is 0 Å². The number of aromatic nitrogens is 2. The van der Waals surface area contributed by atoms with Gasteiger partial charge >= 0.3 is 0 Å². The van der Waals surface area contributed by atoms with Gasteiger partial charge in [0.15, 0.2) is 0 Å². The summed E-state index contributed by atoms with van der Waals surface area (Å²) in [6, 6.07) is 0. The summed E-state index contributed by atoms with van der Waals surface area (Å²) in [5.74, 6) is 0. The fourth-order valence-corrected chi connectivity index (χ4v) is 2.19. The zero-order valence-corrected chi connectivity index (χ0v) is 9.33. The van der Waals surface area contributed by atoms with Crippen LogP contribution in [0.2, 0.25) is 0 Å². The van der Waals surface area contributed by atoms with Crippen molar-refractivity contribution in [3.63, 3.8) is 0 Å². The van der Waals surface area contributed by atoms with Crippen LogP contribution in [0.1, 0.15) is 18.5 Å². The molecule has 0 bridgehead atoms. The average Bonchev–Trinajstić information content (AvgIpc) is 2.63. The molecule has 1 N–H and O–H groups in total. The van der Waals surface area contributed by atoms with Gasteiger partial charge in [-0.15, -0.1) is 4.91 Å². The molecular weight excluding hydrogens is 208 g/mol. The third-order valence-electron chi connectivity index (χ3n) is 2.89. The molecule has 1 aromatic heterocycles. The largest absolute Gasteiger partial charge is 0.386 e. The highest BCUT2D eigenvalue weighted by molar-refractivity contribution is 4.95. The molecule has 16 heavy (non-hydrogen) atoms. The molecule has 0 saturated carbocycles. The van der Waals surface area contributed by atoms with Crippen LogP contribution in [0.3, 0.4) is 0 Å². The molecule has 6 nitrogen and oxygen atoms in total. The van der Waals surface area contributed by atoms with E-state index in [-0.39, 0.29) is 0 Å². The highest BCUT2D eigenvalue weighted by atomic mass is 16.3. The van der Waals surface area contributed by atoms with Crippen molar-refractivity contribution in [3.05, 3.63) is 23.1 Å². The molecule has 1 aromatic rings. The SMILES string of the molecule is Cc1cn(CC2(O)CCCN(N=O)C2)cn1. The number of aliphatic hydroxyl groups is 1. The summed E-state index contributed by atoms with van der Waals surface area (Å²) in [7, 11) is 0. The molecule has 0 aliphatic carbocycles. The van der Waals surface area contributed by atoms with Gasteiger partial charge in [0.25, 0.3) is 0 Å². The number of nitroso groups, excluding NO2 is 1. The lowest BCUT2D eigenvalue weighted by molar-refractivity contribution is -0.0430. The molecule has 0 amide bonds. The fourth-order valence-electron chi connectivity index (χ4n) is 2.19. The number of hydrogen-bond acceptors (Lipinski definition) is 4. The molecule has 1 fully saturated rings. The molecule has 1 aliphatic heterocycles. The maximum atomic E-state index is 10.4. The first-order valence-corrected chi connectivity index (χ1v) is 5.40. The minimum absolute atomic E-state index is 0.299. The molecule has 1 saturated heterocycles. The van der Waals surface area contributed by atoms with E-state index in [1.165, 1.54) is 5.01 Å². The number of hydrogen-bond donors (Lipinski definition) is 1. The van der Waals surface area contributed by atoms with Gasteiger partial charge in [-0.25, -0.2) is 4.98 Å². The second-order valence-electron chi connectivity index (χ2n) is 4.49. The number of β-amino-alcohol motifs (C(OH)–C–C–N with tert-alkyl or cyclic N) is 1. The van der Waals surface area contributed by atoms with Crippen LogP contribution in [0.5, 0.6) is 0 Å². The summed E-state index contributed by atoms with van der Waals surface area (Å²) < 4.78 is 1.85. The van der Waals surface area contributed by atoms with E-state index in [1.807, 2.05) is 17.7 Å². The van der Waals surface area contributed by atoms with Crippen LogP contribution in [0.15, 0.2) is 17.8 Å². The summed E-state index contributed by atoms with van der Waals surface area (Å²) in [4.78, 5) is 14.6. The topological polar surface area (TPSA) is 70.7 Å². The number of nitrogens with zero attached hydrogens (tertiary/aromatic N) is 4. The zero-order valence-electron chi connectivity index (χ0n) is 9.33. The maximum absolute atomic E-state index is 10.4. The summed E-state index contributed by atoms with van der Waals surface area (Å²) in [6.07, 6.45) is 5.05. The van der Waals surface area contributed by atoms with Gasteiger partial charge < -0.3 is 9.67 Å². The van der Waals surface area contributed by atoms with Crippen LogP contribution in [0.25, 0.3) is 0 Å². The second-order valence-corrected chi connectivity index (χ2v) is 4.49. The Labute approximate surface area is 93.8 Å². The lowest BCUT2D eigenvalue weighted by Gasteiger charge is -2.36. The lowest BCUT2D eigenvalue weighted by atomic mass is 9.94. The van der Waals surface area contributed by atoms with Gasteiger partial charge in [-0.1, -0.05) is 0 Å². The molecule has 2 rings (SSSR count). The Morgan fingerprint density at radius 1 is 1.69 bits per heavy atom. The molecule has 88 valence electrons. The Morgan fingerprint density at radius 2 is 2.50 bits per heavy atom. The average molecular weight is 224 g/mol. The van der Waals surface area contributed by atoms with Crippen LogP contribution in [-0.4, -0.2) is 38.4 Å². The zero-order chi connectivity index (χ0) is 11.6. The van der Waals surface area contributed by atoms with Crippen molar-refractivity contribution in [1.82, 2.24) is 14.6 Å². The van der Waals surface area contributed by atoms with E-state index in [2.05, 4.69) is 10.3 Å². The first-order chi connectivity index (χ1) is 7.61. The Kier molecular flexibility index (Phi) is 2.91. The van der Waals surface area contributed by atoms with Crippen LogP contribution in [0.4, 0.5) is 0 Å². The normalized spacial score (nSPS) is 25.8. The van der Waals surface area contributed by atoms with Gasteiger partial charge in [-0.3, -0.25) is 5.01 Å². The highest BCUT2D eigenvalue weighted by Crippen LogP contribution is 2.23. The van der Waals surface area contributed by atoms with Crippen molar-refractivity contribution in [3.8, 4) is 0 Å².